The van der Waals surface area contributed by atoms with Gasteiger partial charge in [-0.05, 0) is 6.92 Å². The number of phenols is 1. The number of Topliss-reactive ketones (excluding diaryl/α,β-unsaturated/α-hetero) is 1. The molecule has 1 aromatic rings. The summed E-state index contributed by atoms with van der Waals surface area (Å²) in [4.78, 5) is 22.1. The van der Waals surface area contributed by atoms with Crippen LogP contribution in [-0.2, 0) is 4.79 Å². The molecule has 2 N–H and O–H groups in total. The van der Waals surface area contributed by atoms with Gasteiger partial charge in [0, 0.05) is 13.0 Å². The number of anilines is 1. The van der Waals surface area contributed by atoms with Crippen molar-refractivity contribution in [1.82, 2.24) is 0 Å². The number of rotatable bonds is 2. The molecule has 0 saturated carbocycles. The Morgan fingerprint density at radius 2 is 1.88 bits per heavy atom. The Morgan fingerprint density at radius 3 is 2.31 bits per heavy atom. The largest absolute Gasteiger partial charge is 0.507 e. The molecule has 0 heterocycles. The van der Waals surface area contributed by atoms with Gasteiger partial charge in [-0.15, -0.1) is 0 Å². The number of carbonyl (C=O) groups is 2. The van der Waals surface area contributed by atoms with Crippen LogP contribution in [-0.4, -0.2) is 16.8 Å². The Hall–Kier alpha value is -1.26. The molecule has 0 bridgehead atoms. The van der Waals surface area contributed by atoms with Crippen molar-refractivity contribution in [2.24, 2.45) is 0 Å². The minimum absolute atomic E-state index is 0.0604. The van der Waals surface area contributed by atoms with Crippen LogP contribution < -0.4 is 5.32 Å². The average molecular weight is 262 g/mol. The third kappa shape index (κ3) is 2.46. The molecular formula is C10H9Cl2NO3. The van der Waals surface area contributed by atoms with Crippen LogP contribution in [0.2, 0.25) is 10.0 Å². The quantitative estimate of drug-likeness (QED) is 0.636. The Balaban J connectivity index is 3.44. The molecule has 6 heteroatoms. The van der Waals surface area contributed by atoms with Crippen LogP contribution in [0, 0.1) is 0 Å². The summed E-state index contributed by atoms with van der Waals surface area (Å²) in [6.45, 7) is 2.54. The summed E-state index contributed by atoms with van der Waals surface area (Å²) in [7, 11) is 0. The monoisotopic (exact) mass is 261 g/mol. The number of benzene rings is 1. The van der Waals surface area contributed by atoms with Crippen molar-refractivity contribution in [3.05, 3.63) is 21.7 Å². The fourth-order valence-electron chi connectivity index (χ4n) is 1.23. The third-order valence-electron chi connectivity index (χ3n) is 1.85. The van der Waals surface area contributed by atoms with Crippen LogP contribution in [0.5, 0.6) is 5.75 Å². The van der Waals surface area contributed by atoms with Crippen molar-refractivity contribution < 1.29 is 14.7 Å². The number of amides is 1. The molecule has 86 valence electrons. The lowest BCUT2D eigenvalue weighted by Gasteiger charge is -2.11. The van der Waals surface area contributed by atoms with E-state index >= 15 is 0 Å². The Labute approximate surface area is 102 Å². The lowest BCUT2D eigenvalue weighted by atomic mass is 10.1. The first-order valence-corrected chi connectivity index (χ1v) is 5.09. The summed E-state index contributed by atoms with van der Waals surface area (Å²) in [5.41, 5.74) is 0.0636. The number of hydrogen-bond donors (Lipinski definition) is 2. The lowest BCUT2D eigenvalue weighted by Crippen LogP contribution is -2.08. The predicted octanol–water partition coefficient (Wildman–Crippen LogP) is 2.86. The second-order valence-corrected chi connectivity index (χ2v) is 3.96. The molecule has 1 rings (SSSR count). The molecule has 0 fully saturated rings. The van der Waals surface area contributed by atoms with Crippen molar-refractivity contribution in [2.45, 2.75) is 13.8 Å². The Morgan fingerprint density at radius 1 is 1.31 bits per heavy atom. The molecular weight excluding hydrogens is 253 g/mol. The molecule has 0 spiro atoms. The Bertz CT molecular complexity index is 472. The number of carbonyl (C=O) groups excluding carboxylic acids is 2. The van der Waals surface area contributed by atoms with Crippen LogP contribution in [0.25, 0.3) is 0 Å². The van der Waals surface area contributed by atoms with E-state index in [4.69, 9.17) is 23.2 Å². The summed E-state index contributed by atoms with van der Waals surface area (Å²) in [5.74, 6) is -1.09. The van der Waals surface area contributed by atoms with E-state index in [-0.39, 0.29) is 33.0 Å². The highest BCUT2D eigenvalue weighted by molar-refractivity contribution is 6.42. The molecule has 4 nitrogen and oxygen atoms in total. The van der Waals surface area contributed by atoms with Crippen LogP contribution >= 0.6 is 23.2 Å². The van der Waals surface area contributed by atoms with Crippen molar-refractivity contribution in [3.63, 3.8) is 0 Å². The number of ketones is 1. The van der Waals surface area contributed by atoms with E-state index < -0.39 is 5.78 Å². The van der Waals surface area contributed by atoms with E-state index in [9.17, 15) is 14.7 Å². The summed E-state index contributed by atoms with van der Waals surface area (Å²) in [6.07, 6.45) is 0. The van der Waals surface area contributed by atoms with Gasteiger partial charge in [-0.25, -0.2) is 0 Å². The molecule has 0 aliphatic heterocycles. The zero-order valence-corrected chi connectivity index (χ0v) is 10.1. The van der Waals surface area contributed by atoms with Gasteiger partial charge in [0.1, 0.15) is 5.75 Å². The summed E-state index contributed by atoms with van der Waals surface area (Å²) in [5, 5.41) is 11.9. The van der Waals surface area contributed by atoms with E-state index in [0.717, 1.165) is 6.07 Å². The maximum atomic E-state index is 11.2. The molecule has 0 saturated heterocycles. The minimum Gasteiger partial charge on any atom is -0.507 e. The zero-order chi connectivity index (χ0) is 12.5. The van der Waals surface area contributed by atoms with Crippen molar-refractivity contribution >= 4 is 40.6 Å². The topological polar surface area (TPSA) is 66.4 Å². The van der Waals surface area contributed by atoms with Crippen LogP contribution in [0.15, 0.2) is 6.07 Å². The highest BCUT2D eigenvalue weighted by atomic mass is 35.5. The van der Waals surface area contributed by atoms with Crippen LogP contribution in [0.4, 0.5) is 5.69 Å². The fourth-order valence-corrected chi connectivity index (χ4v) is 1.90. The second-order valence-electron chi connectivity index (χ2n) is 3.18. The minimum atomic E-state index is -0.411. The molecule has 0 aliphatic carbocycles. The lowest BCUT2D eigenvalue weighted by molar-refractivity contribution is -0.114. The smallest absolute Gasteiger partial charge is 0.221 e. The van der Waals surface area contributed by atoms with Gasteiger partial charge in [0.15, 0.2) is 5.78 Å². The molecule has 0 atom stereocenters. The van der Waals surface area contributed by atoms with Crippen molar-refractivity contribution in [1.29, 1.82) is 0 Å². The number of phenolic OH excluding ortho intramolecular Hbond substituents is 1. The van der Waals surface area contributed by atoms with Crippen LogP contribution in [0.1, 0.15) is 24.2 Å². The molecule has 0 aliphatic rings. The first kappa shape index (κ1) is 12.8. The number of halogens is 2. The van der Waals surface area contributed by atoms with Gasteiger partial charge in [-0.2, -0.15) is 0 Å². The maximum Gasteiger partial charge on any atom is 0.221 e. The first-order valence-electron chi connectivity index (χ1n) is 4.34. The summed E-state index contributed by atoms with van der Waals surface area (Å²) < 4.78 is 0. The molecule has 0 unspecified atom stereocenters. The van der Waals surface area contributed by atoms with E-state index in [2.05, 4.69) is 5.32 Å². The van der Waals surface area contributed by atoms with Gasteiger partial charge >= 0.3 is 0 Å². The van der Waals surface area contributed by atoms with Gasteiger partial charge in [0.05, 0.1) is 21.3 Å². The van der Waals surface area contributed by atoms with Gasteiger partial charge in [-0.1, -0.05) is 23.2 Å². The molecule has 1 aromatic carbocycles. The fraction of sp³-hybridized carbons (Fsp3) is 0.200. The van der Waals surface area contributed by atoms with E-state index in [1.807, 2.05) is 0 Å². The first-order chi connectivity index (χ1) is 7.34. The SMILES string of the molecule is CC(=O)Nc1c(Cl)cc(O)c(C(C)=O)c1Cl. The summed E-state index contributed by atoms with van der Waals surface area (Å²) in [6, 6.07) is 1.16. The second kappa shape index (κ2) is 4.72. The third-order valence-corrected chi connectivity index (χ3v) is 2.53. The number of nitrogens with one attached hydrogen (secondary N) is 1. The van der Waals surface area contributed by atoms with Gasteiger partial charge in [0.25, 0.3) is 0 Å². The molecule has 0 aromatic heterocycles. The van der Waals surface area contributed by atoms with E-state index in [0.29, 0.717) is 0 Å². The average Bonchev–Trinajstić information content (AvgIpc) is 2.10. The van der Waals surface area contributed by atoms with E-state index in [1.165, 1.54) is 13.8 Å². The predicted molar refractivity (Wildman–Crippen MR) is 62.4 cm³/mol. The standard InChI is InChI=1S/C10H9Cl2NO3/c1-4(14)8-7(16)3-6(11)10(9(8)12)13-5(2)15/h3,16H,1-2H3,(H,13,15). The van der Waals surface area contributed by atoms with Gasteiger partial charge < -0.3 is 10.4 Å². The normalized spacial score (nSPS) is 10.0. The maximum absolute atomic E-state index is 11.2. The van der Waals surface area contributed by atoms with E-state index in [1.54, 1.807) is 0 Å². The number of aromatic hydroxyl groups is 1. The van der Waals surface area contributed by atoms with Crippen molar-refractivity contribution in [3.8, 4) is 5.75 Å². The highest BCUT2D eigenvalue weighted by Crippen LogP contribution is 2.39. The molecule has 1 amide bonds. The number of hydrogen-bond acceptors (Lipinski definition) is 3. The van der Waals surface area contributed by atoms with Gasteiger partial charge in [0.2, 0.25) is 5.91 Å². The van der Waals surface area contributed by atoms with Crippen molar-refractivity contribution in [2.75, 3.05) is 5.32 Å². The highest BCUT2D eigenvalue weighted by Gasteiger charge is 2.19. The zero-order valence-electron chi connectivity index (χ0n) is 8.60. The molecule has 16 heavy (non-hydrogen) atoms. The van der Waals surface area contributed by atoms with Gasteiger partial charge in [-0.3, -0.25) is 9.59 Å². The Kier molecular flexibility index (Phi) is 3.78. The molecule has 0 radical (unpaired) electrons. The summed E-state index contributed by atoms with van der Waals surface area (Å²) >= 11 is 11.7. The van der Waals surface area contributed by atoms with Crippen LogP contribution in [0.3, 0.4) is 0 Å².